The van der Waals surface area contributed by atoms with E-state index in [9.17, 15) is 13.8 Å². The van der Waals surface area contributed by atoms with Gasteiger partial charge in [0.25, 0.3) is 5.91 Å². The van der Waals surface area contributed by atoms with Crippen LogP contribution in [0.25, 0.3) is 0 Å². The highest BCUT2D eigenvalue weighted by molar-refractivity contribution is 7.85. The van der Waals surface area contributed by atoms with Crippen LogP contribution in [0.5, 0.6) is 0 Å². The third-order valence-electron chi connectivity index (χ3n) is 4.24. The maximum absolute atomic E-state index is 12.2. The van der Waals surface area contributed by atoms with Gasteiger partial charge in [-0.15, -0.1) is 0 Å². The summed E-state index contributed by atoms with van der Waals surface area (Å²) in [6.07, 6.45) is 2.46. The van der Waals surface area contributed by atoms with E-state index in [0.717, 1.165) is 24.8 Å². The van der Waals surface area contributed by atoms with E-state index in [1.807, 2.05) is 12.1 Å². The van der Waals surface area contributed by atoms with E-state index in [4.69, 9.17) is 34.5 Å². The molecular formula is C19H25ClN8O3S. The molecule has 1 heterocycles. The van der Waals surface area contributed by atoms with Crippen molar-refractivity contribution in [1.29, 1.82) is 0 Å². The molecule has 0 saturated carbocycles. The van der Waals surface area contributed by atoms with Crippen LogP contribution in [-0.2, 0) is 22.0 Å². The van der Waals surface area contributed by atoms with Crippen LogP contribution in [0.15, 0.2) is 34.2 Å². The fraction of sp³-hybridized carbons (Fsp3) is 0.316. The van der Waals surface area contributed by atoms with Crippen LogP contribution in [0.4, 0.5) is 11.6 Å². The summed E-state index contributed by atoms with van der Waals surface area (Å²) < 4.78 is 12.1. The fourth-order valence-electron chi connectivity index (χ4n) is 2.58. The molecule has 0 radical (unpaired) electrons. The zero-order valence-electron chi connectivity index (χ0n) is 17.2. The molecule has 0 aliphatic heterocycles. The molecule has 0 aliphatic carbocycles. The topological polar surface area (TPSA) is 205 Å². The molecule has 0 fully saturated rings. The number of nitrogens with two attached hydrogens (primary N) is 4. The number of nitrogens with one attached hydrogen (secondary N) is 1. The molecule has 172 valence electrons. The van der Waals surface area contributed by atoms with Gasteiger partial charge in [-0.3, -0.25) is 24.1 Å². The molecule has 32 heavy (non-hydrogen) atoms. The lowest BCUT2D eigenvalue weighted by atomic mass is 10.1. The predicted molar refractivity (Wildman–Crippen MR) is 124 cm³/mol. The highest BCUT2D eigenvalue weighted by Crippen LogP contribution is 2.17. The van der Waals surface area contributed by atoms with Crippen molar-refractivity contribution < 1.29 is 13.8 Å². The molecule has 1 unspecified atom stereocenters. The standard InChI is InChI=1S/C19H25ClN8O3S/c20-15-17(23)27-16(22)14(26-15)18(30)28-19(24)25-9-2-1-3-11-4-6-12(7-5-11)32(31)10-8-13(21)29/h4-7H,1-3,8-10H2,(H2,21,29)(H4,22,23,27)(H3,24,25,28,30). The number of amides is 2. The van der Waals surface area contributed by atoms with Crippen molar-refractivity contribution >= 4 is 51.8 Å². The number of anilines is 2. The second kappa shape index (κ2) is 12.0. The van der Waals surface area contributed by atoms with Gasteiger partial charge in [0, 0.05) is 23.6 Å². The van der Waals surface area contributed by atoms with Crippen molar-refractivity contribution in [1.82, 2.24) is 15.3 Å². The number of nitrogen functional groups attached to an aromatic ring is 2. The molecular weight excluding hydrogens is 456 g/mol. The Hall–Kier alpha value is -3.25. The van der Waals surface area contributed by atoms with Crippen LogP contribution in [-0.4, -0.2) is 44.2 Å². The Kier molecular flexibility index (Phi) is 9.35. The molecule has 0 aliphatic rings. The van der Waals surface area contributed by atoms with Gasteiger partial charge in [0.1, 0.15) is 0 Å². The molecule has 13 heteroatoms. The van der Waals surface area contributed by atoms with Gasteiger partial charge in [-0.25, -0.2) is 9.97 Å². The third-order valence-corrected chi connectivity index (χ3v) is 5.89. The zero-order chi connectivity index (χ0) is 23.7. The number of carbonyl (C=O) groups is 2. The number of aromatic nitrogens is 2. The number of hydrogen-bond acceptors (Lipinski definition) is 8. The van der Waals surface area contributed by atoms with Gasteiger partial charge < -0.3 is 22.9 Å². The Bertz CT molecular complexity index is 1030. The number of aliphatic imine (C=N–C) groups is 1. The molecule has 2 aromatic rings. The van der Waals surface area contributed by atoms with E-state index in [1.54, 1.807) is 12.1 Å². The number of guanidine groups is 1. The first-order chi connectivity index (χ1) is 15.2. The SMILES string of the molecule is NC(=O)CCS(=O)c1ccc(CCCCN=C(N)NC(=O)c2nc(Cl)c(N)nc2N)cc1. The summed E-state index contributed by atoms with van der Waals surface area (Å²) in [7, 11) is -1.25. The number of unbranched alkanes of at least 4 members (excludes halogenated alkanes) is 1. The number of hydrogen-bond donors (Lipinski definition) is 5. The highest BCUT2D eigenvalue weighted by Gasteiger charge is 2.16. The average molecular weight is 481 g/mol. The molecule has 0 bridgehead atoms. The van der Waals surface area contributed by atoms with Crippen LogP contribution >= 0.6 is 11.6 Å². The van der Waals surface area contributed by atoms with Crippen molar-refractivity contribution in [3.8, 4) is 0 Å². The molecule has 2 rings (SSSR count). The van der Waals surface area contributed by atoms with Crippen LogP contribution in [0, 0.1) is 0 Å². The average Bonchev–Trinajstić information content (AvgIpc) is 2.74. The smallest absolute Gasteiger partial charge is 0.280 e. The summed E-state index contributed by atoms with van der Waals surface area (Å²) in [5.41, 5.74) is 22.8. The second-order valence-electron chi connectivity index (χ2n) is 6.72. The van der Waals surface area contributed by atoms with E-state index in [1.165, 1.54) is 0 Å². The summed E-state index contributed by atoms with van der Waals surface area (Å²) in [5, 5.41) is 2.24. The van der Waals surface area contributed by atoms with Gasteiger partial charge in [-0.2, -0.15) is 0 Å². The number of carbonyl (C=O) groups excluding carboxylic acids is 2. The summed E-state index contributed by atoms with van der Waals surface area (Å²) in [4.78, 5) is 35.2. The van der Waals surface area contributed by atoms with Crippen molar-refractivity contribution in [3.63, 3.8) is 0 Å². The Morgan fingerprint density at radius 3 is 2.41 bits per heavy atom. The Morgan fingerprint density at radius 2 is 1.75 bits per heavy atom. The van der Waals surface area contributed by atoms with Gasteiger partial charge >= 0.3 is 0 Å². The minimum atomic E-state index is -1.25. The lowest BCUT2D eigenvalue weighted by molar-refractivity contribution is -0.117. The molecule has 2 amide bonds. The lowest BCUT2D eigenvalue weighted by Crippen LogP contribution is -2.38. The number of benzene rings is 1. The number of nitrogens with zero attached hydrogens (tertiary/aromatic N) is 3. The first-order valence-corrected chi connectivity index (χ1v) is 11.3. The van der Waals surface area contributed by atoms with E-state index >= 15 is 0 Å². The van der Waals surface area contributed by atoms with Crippen LogP contribution < -0.4 is 28.3 Å². The molecule has 9 N–H and O–H groups in total. The monoisotopic (exact) mass is 480 g/mol. The summed E-state index contributed by atoms with van der Waals surface area (Å²) in [6, 6.07) is 7.38. The fourth-order valence-corrected chi connectivity index (χ4v) is 3.77. The predicted octanol–water partition coefficient (Wildman–Crippen LogP) is 0.345. The maximum Gasteiger partial charge on any atom is 0.280 e. The molecule has 1 atom stereocenters. The van der Waals surface area contributed by atoms with Gasteiger partial charge in [-0.05, 0) is 37.0 Å². The normalized spacial score (nSPS) is 12.3. The van der Waals surface area contributed by atoms with E-state index in [-0.39, 0.29) is 40.6 Å². The van der Waals surface area contributed by atoms with Gasteiger partial charge in [-0.1, -0.05) is 23.7 Å². The number of primary amides is 1. The molecule has 1 aromatic carbocycles. The molecule has 0 spiro atoms. The van der Waals surface area contributed by atoms with Crippen molar-refractivity contribution in [2.24, 2.45) is 16.5 Å². The second-order valence-corrected chi connectivity index (χ2v) is 8.65. The van der Waals surface area contributed by atoms with E-state index in [2.05, 4.69) is 20.3 Å². The van der Waals surface area contributed by atoms with Crippen LogP contribution in [0.1, 0.15) is 35.3 Å². The molecule has 1 aromatic heterocycles. The summed E-state index contributed by atoms with van der Waals surface area (Å²) in [6.45, 7) is 0.408. The Morgan fingerprint density at radius 1 is 1.06 bits per heavy atom. The van der Waals surface area contributed by atoms with Crippen molar-refractivity contribution in [2.45, 2.75) is 30.6 Å². The van der Waals surface area contributed by atoms with Crippen molar-refractivity contribution in [2.75, 3.05) is 23.8 Å². The number of rotatable bonds is 10. The Balaban J connectivity index is 1.75. The van der Waals surface area contributed by atoms with Gasteiger partial charge in [0.05, 0.1) is 10.8 Å². The summed E-state index contributed by atoms with van der Waals surface area (Å²) in [5.74, 6) is -1.26. The minimum absolute atomic E-state index is 0.0756. The number of aryl methyl sites for hydroxylation is 1. The van der Waals surface area contributed by atoms with E-state index < -0.39 is 22.6 Å². The molecule has 11 nitrogen and oxygen atoms in total. The Labute approximate surface area is 192 Å². The van der Waals surface area contributed by atoms with Crippen molar-refractivity contribution in [3.05, 3.63) is 40.7 Å². The highest BCUT2D eigenvalue weighted by atomic mass is 35.5. The first-order valence-electron chi connectivity index (χ1n) is 9.62. The van der Waals surface area contributed by atoms with Crippen LogP contribution in [0.3, 0.4) is 0 Å². The lowest BCUT2D eigenvalue weighted by Gasteiger charge is -2.07. The largest absolute Gasteiger partial charge is 0.382 e. The van der Waals surface area contributed by atoms with Gasteiger partial charge in [0.15, 0.2) is 28.4 Å². The van der Waals surface area contributed by atoms with Crippen LogP contribution in [0.2, 0.25) is 5.15 Å². The maximum atomic E-state index is 12.2. The first kappa shape index (κ1) is 25.0. The zero-order valence-corrected chi connectivity index (χ0v) is 18.8. The quantitative estimate of drug-likeness (QED) is 0.181. The molecule has 0 saturated heterocycles. The summed E-state index contributed by atoms with van der Waals surface area (Å²) >= 11 is 5.76. The minimum Gasteiger partial charge on any atom is -0.382 e. The van der Waals surface area contributed by atoms with E-state index in [0.29, 0.717) is 11.4 Å². The number of halogens is 1. The third kappa shape index (κ3) is 7.78. The van der Waals surface area contributed by atoms with Gasteiger partial charge in [0.2, 0.25) is 5.91 Å².